The van der Waals surface area contributed by atoms with Crippen LogP contribution in [0.3, 0.4) is 0 Å². The Morgan fingerprint density at radius 3 is 2.59 bits per heavy atom. The molecule has 0 aliphatic heterocycles. The second kappa shape index (κ2) is 5.01. The van der Waals surface area contributed by atoms with Crippen LogP contribution in [0.15, 0.2) is 30.3 Å². The van der Waals surface area contributed by atoms with Gasteiger partial charge in [-0.1, -0.05) is 26.0 Å². The van der Waals surface area contributed by atoms with Gasteiger partial charge in [0.25, 0.3) is 0 Å². The SMILES string of the molecule is C#CC[n+]1c(CC)cc(CC)c2ccccc21. The minimum Gasteiger partial charge on any atom is -0.184 e. The van der Waals surface area contributed by atoms with Gasteiger partial charge in [-0.05, 0) is 24.0 Å². The third kappa shape index (κ3) is 2.03. The van der Waals surface area contributed by atoms with Crippen LogP contribution in [0, 0.1) is 12.3 Å². The van der Waals surface area contributed by atoms with Crippen molar-refractivity contribution in [3.05, 3.63) is 41.6 Å². The number of nitrogens with zero attached hydrogens (tertiary/aromatic N) is 1. The number of pyridine rings is 1. The molecule has 0 fully saturated rings. The molecular formula is C16H18N+. The molecule has 0 saturated carbocycles. The highest BCUT2D eigenvalue weighted by Gasteiger charge is 2.15. The number of rotatable bonds is 3. The normalized spacial score (nSPS) is 10.4. The van der Waals surface area contributed by atoms with Crippen molar-refractivity contribution in [2.24, 2.45) is 0 Å². The predicted molar refractivity (Wildman–Crippen MR) is 71.7 cm³/mol. The molecule has 2 rings (SSSR count). The molecule has 0 bridgehead atoms. The van der Waals surface area contributed by atoms with Gasteiger partial charge < -0.3 is 0 Å². The first-order valence-corrected chi connectivity index (χ1v) is 6.18. The molecule has 0 amide bonds. The van der Waals surface area contributed by atoms with Crippen molar-refractivity contribution >= 4 is 10.9 Å². The van der Waals surface area contributed by atoms with E-state index in [1.807, 2.05) is 0 Å². The Labute approximate surface area is 103 Å². The predicted octanol–water partition coefficient (Wildman–Crippen LogP) is 2.89. The zero-order chi connectivity index (χ0) is 12.3. The summed E-state index contributed by atoms with van der Waals surface area (Å²) in [6.07, 6.45) is 7.55. The van der Waals surface area contributed by atoms with Gasteiger partial charge in [0, 0.05) is 23.9 Å². The summed E-state index contributed by atoms with van der Waals surface area (Å²) >= 11 is 0. The van der Waals surface area contributed by atoms with Crippen LogP contribution < -0.4 is 4.57 Å². The number of para-hydroxylation sites is 1. The molecule has 0 aliphatic rings. The van der Waals surface area contributed by atoms with Crippen molar-refractivity contribution in [3.8, 4) is 12.3 Å². The van der Waals surface area contributed by atoms with Gasteiger partial charge in [-0.2, -0.15) is 4.57 Å². The lowest BCUT2D eigenvalue weighted by molar-refractivity contribution is -0.666. The third-order valence-corrected chi connectivity index (χ3v) is 3.22. The number of aromatic nitrogens is 1. The fourth-order valence-electron chi connectivity index (χ4n) is 2.36. The van der Waals surface area contributed by atoms with E-state index >= 15 is 0 Å². The second-order valence-electron chi connectivity index (χ2n) is 4.18. The Morgan fingerprint density at radius 2 is 1.94 bits per heavy atom. The molecule has 1 aromatic heterocycles. The molecule has 86 valence electrons. The molecule has 0 N–H and O–H groups in total. The Bertz CT molecular complexity index is 576. The van der Waals surface area contributed by atoms with Crippen molar-refractivity contribution in [1.29, 1.82) is 0 Å². The van der Waals surface area contributed by atoms with E-state index in [-0.39, 0.29) is 0 Å². The maximum absolute atomic E-state index is 5.47. The van der Waals surface area contributed by atoms with Gasteiger partial charge in [-0.3, -0.25) is 0 Å². The highest BCUT2D eigenvalue weighted by atomic mass is 15.0. The average molecular weight is 224 g/mol. The number of aryl methyl sites for hydroxylation is 2. The third-order valence-electron chi connectivity index (χ3n) is 3.22. The Balaban J connectivity index is 2.81. The zero-order valence-electron chi connectivity index (χ0n) is 10.5. The van der Waals surface area contributed by atoms with E-state index in [0.717, 1.165) is 12.8 Å². The van der Waals surface area contributed by atoms with E-state index in [1.165, 1.54) is 22.2 Å². The van der Waals surface area contributed by atoms with Gasteiger partial charge in [-0.25, -0.2) is 0 Å². The van der Waals surface area contributed by atoms with Gasteiger partial charge in [-0.15, -0.1) is 6.42 Å². The van der Waals surface area contributed by atoms with Crippen molar-refractivity contribution < 1.29 is 4.57 Å². The van der Waals surface area contributed by atoms with E-state index in [0.29, 0.717) is 6.54 Å². The van der Waals surface area contributed by atoms with E-state index < -0.39 is 0 Å². The van der Waals surface area contributed by atoms with Crippen LogP contribution in [0.2, 0.25) is 0 Å². The Morgan fingerprint density at radius 1 is 1.18 bits per heavy atom. The molecule has 0 aliphatic carbocycles. The molecule has 0 spiro atoms. The minimum absolute atomic E-state index is 0.647. The van der Waals surface area contributed by atoms with Crippen LogP contribution in [0.25, 0.3) is 10.9 Å². The molecular weight excluding hydrogens is 206 g/mol. The maximum atomic E-state index is 5.47. The first kappa shape index (κ1) is 11.7. The Hall–Kier alpha value is -1.81. The fraction of sp³-hybridized carbons (Fsp3) is 0.312. The standard InChI is InChI=1S/C16H18N/c1-4-11-17-14(6-3)12-13(5-2)15-9-7-8-10-16(15)17/h1,7-10,12H,5-6,11H2,2-3H3/q+1. The van der Waals surface area contributed by atoms with Gasteiger partial charge in [0.1, 0.15) is 0 Å². The molecule has 1 heteroatoms. The largest absolute Gasteiger partial charge is 0.213 e. The quantitative estimate of drug-likeness (QED) is 0.557. The van der Waals surface area contributed by atoms with Crippen molar-refractivity contribution in [2.45, 2.75) is 33.2 Å². The summed E-state index contributed by atoms with van der Waals surface area (Å²) < 4.78 is 2.24. The topological polar surface area (TPSA) is 3.88 Å². The highest BCUT2D eigenvalue weighted by molar-refractivity contribution is 5.79. The molecule has 0 unspecified atom stereocenters. The molecule has 2 aromatic rings. The molecule has 17 heavy (non-hydrogen) atoms. The van der Waals surface area contributed by atoms with Crippen molar-refractivity contribution in [1.82, 2.24) is 0 Å². The Kier molecular flexibility index (Phi) is 3.44. The van der Waals surface area contributed by atoms with E-state index in [2.05, 4.69) is 54.7 Å². The van der Waals surface area contributed by atoms with Crippen LogP contribution in [-0.2, 0) is 19.4 Å². The summed E-state index contributed by atoms with van der Waals surface area (Å²) in [7, 11) is 0. The monoisotopic (exact) mass is 224 g/mol. The van der Waals surface area contributed by atoms with Gasteiger partial charge >= 0.3 is 0 Å². The number of hydrogen-bond donors (Lipinski definition) is 0. The smallest absolute Gasteiger partial charge is 0.184 e. The number of fused-ring (bicyclic) bond motifs is 1. The summed E-state index contributed by atoms with van der Waals surface area (Å²) in [4.78, 5) is 0. The molecule has 0 saturated heterocycles. The van der Waals surface area contributed by atoms with Crippen LogP contribution >= 0.6 is 0 Å². The van der Waals surface area contributed by atoms with E-state index in [1.54, 1.807) is 0 Å². The van der Waals surface area contributed by atoms with Crippen molar-refractivity contribution in [2.75, 3.05) is 0 Å². The molecule has 1 heterocycles. The summed E-state index contributed by atoms with van der Waals surface area (Å²) in [6.45, 7) is 5.02. The fourth-order valence-corrected chi connectivity index (χ4v) is 2.36. The summed E-state index contributed by atoms with van der Waals surface area (Å²) in [5, 5.41) is 1.32. The average Bonchev–Trinajstić information content (AvgIpc) is 2.39. The lowest BCUT2D eigenvalue weighted by Gasteiger charge is -2.07. The summed E-state index contributed by atoms with van der Waals surface area (Å²) in [5.74, 6) is 2.75. The lowest BCUT2D eigenvalue weighted by Crippen LogP contribution is -2.39. The molecule has 0 atom stereocenters. The second-order valence-corrected chi connectivity index (χ2v) is 4.18. The van der Waals surface area contributed by atoms with Gasteiger partial charge in [0.05, 0.1) is 0 Å². The highest BCUT2D eigenvalue weighted by Crippen LogP contribution is 2.17. The number of benzene rings is 1. The lowest BCUT2D eigenvalue weighted by atomic mass is 10.0. The van der Waals surface area contributed by atoms with Crippen LogP contribution in [-0.4, -0.2) is 0 Å². The van der Waals surface area contributed by atoms with E-state index in [9.17, 15) is 0 Å². The zero-order valence-corrected chi connectivity index (χ0v) is 10.5. The molecule has 1 nitrogen and oxygen atoms in total. The summed E-state index contributed by atoms with van der Waals surface area (Å²) in [5.41, 5.74) is 3.98. The minimum atomic E-state index is 0.647. The number of terminal acetylenes is 1. The first-order valence-electron chi connectivity index (χ1n) is 6.18. The van der Waals surface area contributed by atoms with Gasteiger partial charge in [0.15, 0.2) is 5.69 Å². The summed E-state index contributed by atoms with van der Waals surface area (Å²) in [6, 6.07) is 10.8. The molecule has 1 aromatic carbocycles. The van der Waals surface area contributed by atoms with Crippen LogP contribution in [0.4, 0.5) is 0 Å². The van der Waals surface area contributed by atoms with Gasteiger partial charge in [0.2, 0.25) is 12.1 Å². The number of hydrogen-bond acceptors (Lipinski definition) is 0. The molecule has 0 radical (unpaired) electrons. The van der Waals surface area contributed by atoms with Crippen molar-refractivity contribution in [3.63, 3.8) is 0 Å². The maximum Gasteiger partial charge on any atom is 0.213 e. The van der Waals surface area contributed by atoms with Crippen LogP contribution in [0.5, 0.6) is 0 Å². The van der Waals surface area contributed by atoms with Crippen LogP contribution in [0.1, 0.15) is 25.1 Å². The van der Waals surface area contributed by atoms with E-state index in [4.69, 9.17) is 6.42 Å². The first-order chi connectivity index (χ1) is 8.31.